The van der Waals surface area contributed by atoms with Gasteiger partial charge in [0.25, 0.3) is 0 Å². The largest absolute Gasteiger partial charge is 0.353 e. The molecule has 0 spiro atoms. The maximum Gasteiger partial charge on any atom is 0.208 e. The maximum absolute atomic E-state index is 4.17. The topological polar surface area (TPSA) is 41.1 Å². The molecule has 0 bridgehead atoms. The van der Waals surface area contributed by atoms with Gasteiger partial charge in [-0.3, -0.25) is 0 Å². The fourth-order valence-corrected chi connectivity index (χ4v) is 3.35. The molecule has 0 aliphatic heterocycles. The van der Waals surface area contributed by atoms with E-state index in [1.54, 1.807) is 23.1 Å². The number of nitrogens with one attached hydrogen (secondary N) is 1. The Hall–Kier alpha value is -0.330. The number of nitrogens with zero attached hydrogens (tertiary/aromatic N) is 3. The first-order chi connectivity index (χ1) is 7.54. The van der Waals surface area contributed by atoms with E-state index >= 15 is 0 Å². The quantitative estimate of drug-likeness (QED) is 0.792. The molecule has 0 radical (unpaired) electrons. The third-order valence-corrected chi connectivity index (χ3v) is 4.68. The van der Waals surface area contributed by atoms with Crippen LogP contribution in [0.4, 0.5) is 5.13 Å². The fraction of sp³-hybridized carbons (Fsp3) is 0.800. The van der Waals surface area contributed by atoms with Crippen molar-refractivity contribution in [3.8, 4) is 0 Å². The van der Waals surface area contributed by atoms with Crippen LogP contribution in [0.2, 0.25) is 0 Å². The first-order valence-corrected chi connectivity index (χ1v) is 7.15. The summed E-state index contributed by atoms with van der Waals surface area (Å²) in [6.07, 6.45) is 0. The van der Waals surface area contributed by atoms with Crippen LogP contribution in [0.15, 0.2) is 4.34 Å². The van der Waals surface area contributed by atoms with Crippen LogP contribution in [-0.2, 0) is 0 Å². The second-order valence-electron chi connectivity index (χ2n) is 4.20. The summed E-state index contributed by atoms with van der Waals surface area (Å²) in [4.78, 5) is 1.99. The Morgan fingerprint density at radius 1 is 1.38 bits per heavy atom. The zero-order chi connectivity index (χ0) is 12.1. The van der Waals surface area contributed by atoms with Gasteiger partial charge < -0.3 is 10.2 Å². The molecule has 4 nitrogen and oxygen atoms in total. The lowest BCUT2D eigenvalue weighted by molar-refractivity contribution is 0.465. The highest BCUT2D eigenvalue weighted by atomic mass is 32.2. The molecule has 1 heterocycles. The predicted molar refractivity (Wildman–Crippen MR) is 72.6 cm³/mol. The summed E-state index contributed by atoms with van der Waals surface area (Å²) in [6, 6.07) is 0.525. The highest BCUT2D eigenvalue weighted by Gasteiger charge is 2.13. The smallest absolute Gasteiger partial charge is 0.208 e. The van der Waals surface area contributed by atoms with Crippen LogP contribution in [0.5, 0.6) is 0 Å². The van der Waals surface area contributed by atoms with Crippen LogP contribution in [0, 0.1) is 5.92 Å². The number of anilines is 1. The summed E-state index contributed by atoms with van der Waals surface area (Å²) in [6.45, 7) is 4.46. The Balaban J connectivity index is 2.47. The molecule has 0 aliphatic carbocycles. The van der Waals surface area contributed by atoms with Gasteiger partial charge in [-0.05, 0) is 13.0 Å². The van der Waals surface area contributed by atoms with Crippen LogP contribution in [0.3, 0.4) is 0 Å². The molecule has 16 heavy (non-hydrogen) atoms. The Bertz CT molecular complexity index is 312. The van der Waals surface area contributed by atoms with E-state index in [-0.39, 0.29) is 0 Å². The highest BCUT2D eigenvalue weighted by Crippen LogP contribution is 2.27. The number of thioether (sulfide) groups is 1. The minimum absolute atomic E-state index is 0.525. The van der Waals surface area contributed by atoms with Crippen molar-refractivity contribution in [2.75, 3.05) is 31.8 Å². The molecule has 6 heteroatoms. The van der Waals surface area contributed by atoms with Gasteiger partial charge >= 0.3 is 0 Å². The van der Waals surface area contributed by atoms with Gasteiger partial charge in [0.2, 0.25) is 5.13 Å². The lowest BCUT2D eigenvalue weighted by atomic mass is 10.1. The molecule has 92 valence electrons. The van der Waals surface area contributed by atoms with Crippen molar-refractivity contribution in [2.24, 2.45) is 5.92 Å². The molecule has 1 aromatic heterocycles. The van der Waals surface area contributed by atoms with Crippen molar-refractivity contribution in [3.63, 3.8) is 0 Å². The molecule has 0 saturated carbocycles. The molecule has 1 N–H and O–H groups in total. The third-order valence-electron chi connectivity index (χ3n) is 2.34. The standard InChI is InChI=1S/C10H20N4S2/c1-7(2)8(11-3)6-15-10-13-12-9(16-10)14(4)5/h7-8,11H,6H2,1-5H3. The van der Waals surface area contributed by atoms with E-state index in [1.165, 1.54) is 0 Å². The van der Waals surface area contributed by atoms with Crippen LogP contribution < -0.4 is 10.2 Å². The summed E-state index contributed by atoms with van der Waals surface area (Å²) >= 11 is 3.42. The fourth-order valence-electron chi connectivity index (χ4n) is 1.21. The Morgan fingerprint density at radius 3 is 2.50 bits per heavy atom. The summed E-state index contributed by atoms with van der Waals surface area (Å²) in [5.41, 5.74) is 0. The number of hydrogen-bond donors (Lipinski definition) is 1. The van der Waals surface area contributed by atoms with Gasteiger partial charge in [-0.25, -0.2) is 0 Å². The van der Waals surface area contributed by atoms with E-state index in [1.807, 2.05) is 26.0 Å². The van der Waals surface area contributed by atoms with Gasteiger partial charge in [0.15, 0.2) is 4.34 Å². The molecule has 0 aromatic carbocycles. The van der Waals surface area contributed by atoms with Crippen molar-refractivity contribution in [1.29, 1.82) is 0 Å². The van der Waals surface area contributed by atoms with E-state index in [4.69, 9.17) is 0 Å². The zero-order valence-corrected chi connectivity index (χ0v) is 12.2. The number of hydrogen-bond acceptors (Lipinski definition) is 6. The van der Waals surface area contributed by atoms with Gasteiger partial charge in [0, 0.05) is 25.9 Å². The van der Waals surface area contributed by atoms with Crippen molar-refractivity contribution in [1.82, 2.24) is 15.5 Å². The van der Waals surface area contributed by atoms with Crippen molar-refractivity contribution < 1.29 is 0 Å². The van der Waals surface area contributed by atoms with Crippen LogP contribution in [-0.4, -0.2) is 43.1 Å². The highest BCUT2D eigenvalue weighted by molar-refractivity contribution is 8.01. The van der Waals surface area contributed by atoms with Crippen molar-refractivity contribution in [3.05, 3.63) is 0 Å². The van der Waals surface area contributed by atoms with Gasteiger partial charge in [0.05, 0.1) is 0 Å². The molecule has 1 rings (SSSR count). The van der Waals surface area contributed by atoms with Crippen LogP contribution in [0.25, 0.3) is 0 Å². The molecule has 0 aliphatic rings. The lowest BCUT2D eigenvalue weighted by Gasteiger charge is -2.18. The molecule has 0 saturated heterocycles. The first kappa shape index (κ1) is 13.7. The SMILES string of the molecule is CNC(CSc1nnc(N(C)C)s1)C(C)C. The van der Waals surface area contributed by atoms with Gasteiger partial charge in [-0.1, -0.05) is 36.9 Å². The van der Waals surface area contributed by atoms with Gasteiger partial charge in [0.1, 0.15) is 0 Å². The lowest BCUT2D eigenvalue weighted by Crippen LogP contribution is -2.32. The average molecular weight is 260 g/mol. The van der Waals surface area contributed by atoms with Crippen molar-refractivity contribution >= 4 is 28.2 Å². The summed E-state index contributed by atoms with van der Waals surface area (Å²) < 4.78 is 1.05. The minimum Gasteiger partial charge on any atom is -0.353 e. The van der Waals surface area contributed by atoms with E-state index in [2.05, 4.69) is 29.4 Å². The first-order valence-electron chi connectivity index (χ1n) is 5.35. The normalized spacial score (nSPS) is 13.1. The average Bonchev–Trinajstić information content (AvgIpc) is 2.67. The second-order valence-corrected chi connectivity index (χ2v) is 6.42. The summed E-state index contributed by atoms with van der Waals surface area (Å²) in [5, 5.41) is 12.6. The third kappa shape index (κ3) is 3.92. The van der Waals surface area contributed by atoms with E-state index < -0.39 is 0 Å². The maximum atomic E-state index is 4.17. The molecule has 1 atom stereocenters. The van der Waals surface area contributed by atoms with Crippen LogP contribution >= 0.6 is 23.1 Å². The molecule has 0 fully saturated rings. The molecular formula is C10H20N4S2. The molecular weight excluding hydrogens is 240 g/mol. The number of rotatable bonds is 6. The molecule has 1 unspecified atom stereocenters. The second kappa shape index (κ2) is 6.42. The van der Waals surface area contributed by atoms with E-state index in [0.717, 1.165) is 15.2 Å². The Morgan fingerprint density at radius 2 is 2.06 bits per heavy atom. The predicted octanol–water partition coefficient (Wildman–Crippen LogP) is 1.94. The Labute approximate surface area is 106 Å². The molecule has 1 aromatic rings. The Kier molecular flexibility index (Phi) is 5.51. The number of aromatic nitrogens is 2. The van der Waals surface area contributed by atoms with E-state index in [0.29, 0.717) is 12.0 Å². The minimum atomic E-state index is 0.525. The zero-order valence-electron chi connectivity index (χ0n) is 10.5. The van der Waals surface area contributed by atoms with Gasteiger partial charge in [-0.2, -0.15) is 0 Å². The van der Waals surface area contributed by atoms with E-state index in [9.17, 15) is 0 Å². The summed E-state index contributed by atoms with van der Waals surface area (Å²) in [5.74, 6) is 1.68. The van der Waals surface area contributed by atoms with Crippen molar-refractivity contribution in [2.45, 2.75) is 24.2 Å². The van der Waals surface area contributed by atoms with Gasteiger partial charge in [-0.15, -0.1) is 10.2 Å². The monoisotopic (exact) mass is 260 g/mol. The molecule has 0 amide bonds. The summed E-state index contributed by atoms with van der Waals surface area (Å²) in [7, 11) is 5.98. The van der Waals surface area contributed by atoms with Crippen LogP contribution in [0.1, 0.15) is 13.8 Å².